The first kappa shape index (κ1) is 88.0. The number of hydrogen-bond donors (Lipinski definition) is 17. The number of unbranched alkanes of at least 4 members (excludes halogenated alkanes) is 2. The fourth-order valence-corrected chi connectivity index (χ4v) is 14.2. The van der Waals surface area contributed by atoms with Gasteiger partial charge in [0.25, 0.3) is 0 Å². The molecule has 17 N–H and O–H groups in total. The molecule has 40 nitrogen and oxygen atoms in total. The van der Waals surface area contributed by atoms with E-state index in [0.717, 1.165) is 11.1 Å². The fraction of sp³-hybridized carbons (Fsp3) is 0.562. The average molecular weight is 1610 g/mol. The predicted octanol–water partition coefficient (Wildman–Crippen LogP) is -2.02. The van der Waals surface area contributed by atoms with E-state index in [1.165, 1.54) is 0 Å². The minimum Gasteiger partial charge on any atom is -0.480 e. The molecule has 0 spiro atoms. The number of carboxylic acid groups (broad SMARTS) is 9. The number of nitrogens with one attached hydrogen (secondary N) is 8. The Hall–Kier alpha value is -9.60. The van der Waals surface area contributed by atoms with Gasteiger partial charge in [-0.15, -0.1) is 0 Å². The van der Waals surface area contributed by atoms with Crippen molar-refractivity contribution in [3.05, 3.63) is 59.7 Å². The minimum absolute atomic E-state index is 0.00888. The first-order chi connectivity index (χ1) is 50.7. The molecule has 5 saturated heterocycles. The van der Waals surface area contributed by atoms with E-state index in [0.29, 0.717) is 120 Å². The molecule has 0 saturated carbocycles. The fourth-order valence-electron chi connectivity index (χ4n) is 11.7. The molecule has 5 heterocycles. The summed E-state index contributed by atoms with van der Waals surface area (Å²) < 4.78 is 16.1. The van der Waals surface area contributed by atoms with Crippen molar-refractivity contribution in [1.29, 1.82) is 0 Å². The van der Waals surface area contributed by atoms with Gasteiger partial charge < -0.3 is 83.2 Å². The number of benzene rings is 2. The van der Waals surface area contributed by atoms with E-state index in [2.05, 4.69) is 42.5 Å². The van der Waals surface area contributed by atoms with Crippen LogP contribution >= 0.6 is 24.4 Å². The monoisotopic (exact) mass is 1600 g/mol. The Morgan fingerprint density at radius 2 is 0.813 bits per heavy atom. The summed E-state index contributed by atoms with van der Waals surface area (Å²) in [7, 11) is 0. The molecule has 4 bridgehead atoms. The predicted molar refractivity (Wildman–Crippen MR) is 383 cm³/mol. The van der Waals surface area contributed by atoms with Crippen LogP contribution in [-0.4, -0.2) is 341 Å². The minimum atomic E-state index is -3.92. The van der Waals surface area contributed by atoms with Gasteiger partial charge in [-0.3, -0.25) is 38.7 Å². The van der Waals surface area contributed by atoms with Crippen LogP contribution in [0.25, 0.3) is 0 Å². The number of amides is 4. The average Bonchev–Trinajstić information content (AvgIpc) is 1.85. The van der Waals surface area contributed by atoms with Gasteiger partial charge in [0.05, 0.1) is 19.6 Å². The number of aliphatic carboxylic acids is 9. The molecule has 5 aliphatic heterocycles. The first-order valence-electron chi connectivity index (χ1n) is 34.1. The number of anilines is 2. The van der Waals surface area contributed by atoms with E-state index in [1.807, 2.05) is 51.1 Å². The largest absolute Gasteiger partial charge is 0.480 e. The Morgan fingerprint density at radius 3 is 1.25 bits per heavy atom. The molecule has 107 heavy (non-hydrogen) atoms. The molecule has 5 fully saturated rings. The Bertz CT molecular complexity index is 3440. The number of thiocarbonyl (C=S) groups is 2. The molecular weight excluding hydrogens is 1510 g/mol. The quantitative estimate of drug-likeness (QED) is 0.0199. The summed E-state index contributed by atoms with van der Waals surface area (Å²) in [6.45, 7) is 3.84. The van der Waals surface area contributed by atoms with Crippen molar-refractivity contribution in [2.75, 3.05) is 128 Å². The number of carbonyl (C=O) groups is 14. The first-order valence-corrected chi connectivity index (χ1v) is 37.9. The summed E-state index contributed by atoms with van der Waals surface area (Å²) in [5, 5.41) is 105. The van der Waals surface area contributed by atoms with Gasteiger partial charge in [0, 0.05) is 70.4 Å². The van der Waals surface area contributed by atoms with E-state index in [1.54, 1.807) is 26.8 Å². The molecule has 9 atom stereocenters. The number of rotatable bonds is 36. The van der Waals surface area contributed by atoms with Gasteiger partial charge in [-0.2, -0.15) is 0 Å². The zero-order chi connectivity index (χ0) is 78.7. The Balaban J connectivity index is 0.000000384. The van der Waals surface area contributed by atoms with Gasteiger partial charge in [-0.1, -0.05) is 12.1 Å². The number of nitrogens with zero attached hydrogens (tertiary/aromatic N) is 6. The second-order valence-electron chi connectivity index (χ2n) is 25.4. The SMILES string of the molecule is O=C(O)CCC(NC(=O)NC(CCCCNC(=S)Nc1ccc(CC2CN(CC(=O)O)CCN(CC(=O)O)CCN2CC(=O)O)cc1)C(=O)O)C(=O)O.O=C(O)CCC(NC(=O)NC(CCCCNC(=S)Nc1ccc(CC2CN3CCN4CCN2CC(=O)[O][Ga]([O]C(=O)C4)[O]C(=O)C3)cc1)C(=O)O)C(=O)O. The van der Waals surface area contributed by atoms with E-state index < -0.39 is 138 Å². The molecule has 2 aromatic carbocycles. The van der Waals surface area contributed by atoms with Crippen LogP contribution in [0.15, 0.2) is 48.5 Å². The molecule has 2 aromatic rings. The van der Waals surface area contributed by atoms with Crippen molar-refractivity contribution in [3.8, 4) is 0 Å². The summed E-state index contributed by atoms with van der Waals surface area (Å²) >= 11 is 6.84. The van der Waals surface area contributed by atoms with Crippen molar-refractivity contribution in [1.82, 2.24) is 61.3 Å². The third-order valence-corrected chi connectivity index (χ3v) is 20.5. The molecular formula is C64H91GaN14O26S2. The molecule has 5 aliphatic rings. The Labute approximate surface area is 630 Å². The number of hydrogen-bond acceptors (Lipinski definition) is 25. The van der Waals surface area contributed by atoms with Crippen molar-refractivity contribution < 1.29 is 124 Å². The summed E-state index contributed by atoms with van der Waals surface area (Å²) in [6, 6.07) is 6.55. The maximum absolute atomic E-state index is 12.9. The Morgan fingerprint density at radius 1 is 0.430 bits per heavy atom. The van der Waals surface area contributed by atoms with Gasteiger partial charge in [0.15, 0.2) is 5.11 Å². The summed E-state index contributed by atoms with van der Waals surface area (Å²) in [5.74, 6) is -12.9. The summed E-state index contributed by atoms with van der Waals surface area (Å²) in [4.78, 5) is 176. The zero-order valence-corrected chi connectivity index (χ0v) is 62.4. The van der Waals surface area contributed by atoms with Crippen molar-refractivity contribution in [3.63, 3.8) is 0 Å². The zero-order valence-electron chi connectivity index (χ0n) is 58.3. The number of urea groups is 2. The van der Waals surface area contributed by atoms with Gasteiger partial charge in [-0.05, 0) is 99.9 Å². The van der Waals surface area contributed by atoms with Crippen LogP contribution in [0.1, 0.15) is 75.3 Å². The topological polar surface area (TPSA) is 564 Å². The van der Waals surface area contributed by atoms with E-state index in [-0.39, 0.29) is 95.2 Å². The van der Waals surface area contributed by atoms with Gasteiger partial charge in [-0.25, -0.2) is 28.8 Å². The van der Waals surface area contributed by atoms with Crippen LogP contribution in [0.4, 0.5) is 21.0 Å². The summed E-state index contributed by atoms with van der Waals surface area (Å²) in [6.07, 6.45) is 0.994. The maximum Gasteiger partial charge on any atom is 0.326 e. The van der Waals surface area contributed by atoms with Crippen molar-refractivity contribution in [2.24, 2.45) is 0 Å². The smallest absolute Gasteiger partial charge is 0.326 e. The van der Waals surface area contributed by atoms with Gasteiger partial charge >= 0.3 is 251 Å². The van der Waals surface area contributed by atoms with E-state index in [9.17, 15) is 103 Å². The third kappa shape index (κ3) is 35.1. The molecule has 0 aromatic heterocycles. The third-order valence-electron chi connectivity index (χ3n) is 17.1. The van der Waals surface area contributed by atoms with Crippen LogP contribution in [0.5, 0.6) is 0 Å². The van der Waals surface area contributed by atoms with E-state index in [4.69, 9.17) is 45.2 Å². The van der Waals surface area contributed by atoms with Crippen LogP contribution in [0.2, 0.25) is 0 Å². The van der Waals surface area contributed by atoms with Crippen LogP contribution < -0.4 is 42.5 Å². The normalized spacial score (nSPS) is 19.7. The van der Waals surface area contributed by atoms with Gasteiger partial charge in [0.2, 0.25) is 0 Å². The maximum atomic E-state index is 12.9. The summed E-state index contributed by atoms with van der Waals surface area (Å²) in [5.41, 5.74) is 3.18. The van der Waals surface area contributed by atoms with Crippen molar-refractivity contribution >= 4 is 147 Å². The number of carbonyl (C=O) groups excluding carboxylic acids is 5. The second-order valence-corrected chi connectivity index (χ2v) is 28.9. The standard InChI is InChI=1S/2C32H47N7O13S.Ga/c2*40-25(41)9-8-24(30(50)51)36-31(52)35-23(29(48)49)3-1-2-10-33-32(53)34-21-6-4-20(5-7-21)15-22-16-38(18-27(44)45)12-11-37(17-26(42)43)13-14-39(22)19-28(46)47;/h2*4-7,22-24H,1-3,8-19H2,(H,40,41)(H,42,43)(H,44,45)(H,46,47)(H,48,49)(H,50,51)(H2,33,34,53)(H2,35,36,52);/q;;+3/p-3. The number of fused-ring (bicyclic) bond motifs is 9. The second kappa shape index (κ2) is 45.8. The molecule has 4 amide bonds. The molecule has 7 rings (SSSR count). The van der Waals surface area contributed by atoms with Gasteiger partial charge in [0.1, 0.15) is 24.2 Å². The molecule has 0 radical (unpaired) electrons. The number of carboxylic acids is 9. The van der Waals surface area contributed by atoms with Crippen LogP contribution in [0.3, 0.4) is 0 Å². The van der Waals surface area contributed by atoms with Crippen LogP contribution in [0, 0.1) is 0 Å². The Kier molecular flexibility index (Phi) is 37.7. The van der Waals surface area contributed by atoms with Crippen molar-refractivity contribution in [2.45, 2.75) is 113 Å². The van der Waals surface area contributed by atoms with E-state index >= 15 is 0 Å². The molecule has 43 heteroatoms. The van der Waals surface area contributed by atoms with Crippen LogP contribution in [-0.2, 0) is 81.0 Å². The molecule has 0 aliphatic carbocycles. The molecule has 9 unspecified atom stereocenters. The molecule has 588 valence electrons.